The summed E-state index contributed by atoms with van der Waals surface area (Å²) in [6.45, 7) is 2.01. The molecular formula is C15H12N4. The molecule has 4 heteroatoms. The fourth-order valence-corrected chi connectivity index (χ4v) is 2.32. The largest absolute Gasteiger partial charge is 0.369 e. The number of nitrogens with zero attached hydrogens (tertiary/aromatic N) is 3. The van der Waals surface area contributed by atoms with Gasteiger partial charge in [-0.15, -0.1) is 0 Å². The maximum atomic E-state index is 9.22. The summed E-state index contributed by atoms with van der Waals surface area (Å²) < 4.78 is 1.84. The molecule has 0 bridgehead atoms. The summed E-state index contributed by atoms with van der Waals surface area (Å²) in [5, 5.41) is 9.22. The average molecular weight is 248 g/mol. The first-order valence-corrected chi connectivity index (χ1v) is 5.95. The van der Waals surface area contributed by atoms with Crippen molar-refractivity contribution in [1.82, 2.24) is 9.55 Å². The third-order valence-corrected chi connectivity index (χ3v) is 3.17. The number of fused-ring (bicyclic) bond motifs is 1. The predicted octanol–water partition coefficient (Wildman–Crippen LogP) is 2.79. The summed E-state index contributed by atoms with van der Waals surface area (Å²) in [7, 11) is 0. The molecule has 0 radical (unpaired) electrons. The molecule has 0 atom stereocenters. The van der Waals surface area contributed by atoms with E-state index in [1.807, 2.05) is 47.9 Å². The van der Waals surface area contributed by atoms with E-state index in [0.717, 1.165) is 22.3 Å². The van der Waals surface area contributed by atoms with Crippen LogP contribution in [0.5, 0.6) is 0 Å². The molecule has 0 spiro atoms. The summed E-state index contributed by atoms with van der Waals surface area (Å²) in [5.74, 6) is 0.395. The molecule has 1 aromatic heterocycles. The molecule has 4 nitrogen and oxygen atoms in total. The molecule has 3 rings (SSSR count). The van der Waals surface area contributed by atoms with E-state index in [1.165, 1.54) is 0 Å². The Morgan fingerprint density at radius 1 is 1.16 bits per heavy atom. The fourth-order valence-electron chi connectivity index (χ4n) is 2.32. The molecule has 0 unspecified atom stereocenters. The Morgan fingerprint density at radius 2 is 1.95 bits per heavy atom. The van der Waals surface area contributed by atoms with E-state index in [-0.39, 0.29) is 0 Å². The topological polar surface area (TPSA) is 67.6 Å². The minimum atomic E-state index is 0.395. The number of nitrogens with two attached hydrogens (primary N) is 1. The van der Waals surface area contributed by atoms with Gasteiger partial charge in [0.1, 0.15) is 6.07 Å². The summed E-state index contributed by atoms with van der Waals surface area (Å²) in [4.78, 5) is 4.36. The third-order valence-electron chi connectivity index (χ3n) is 3.17. The first-order chi connectivity index (χ1) is 9.22. The van der Waals surface area contributed by atoms with Gasteiger partial charge in [0.25, 0.3) is 0 Å². The van der Waals surface area contributed by atoms with Crippen molar-refractivity contribution in [1.29, 1.82) is 5.26 Å². The van der Waals surface area contributed by atoms with Crippen LogP contribution in [0.1, 0.15) is 11.1 Å². The normalized spacial score (nSPS) is 10.5. The van der Waals surface area contributed by atoms with Crippen LogP contribution >= 0.6 is 0 Å². The van der Waals surface area contributed by atoms with Gasteiger partial charge in [0.05, 0.1) is 22.3 Å². The lowest BCUT2D eigenvalue weighted by Gasteiger charge is -2.09. The number of rotatable bonds is 1. The predicted molar refractivity (Wildman–Crippen MR) is 74.9 cm³/mol. The monoisotopic (exact) mass is 248 g/mol. The highest BCUT2D eigenvalue weighted by molar-refractivity contribution is 5.84. The van der Waals surface area contributed by atoms with Gasteiger partial charge in [-0.3, -0.25) is 4.57 Å². The Kier molecular flexibility index (Phi) is 2.46. The van der Waals surface area contributed by atoms with Crippen LogP contribution in [-0.2, 0) is 0 Å². The number of hydrogen-bond acceptors (Lipinski definition) is 3. The lowest BCUT2D eigenvalue weighted by Crippen LogP contribution is -2.03. The number of hydrogen-bond donors (Lipinski definition) is 1. The molecule has 0 saturated carbocycles. The molecule has 3 aromatic rings. The van der Waals surface area contributed by atoms with Crippen molar-refractivity contribution in [3.8, 4) is 11.8 Å². The van der Waals surface area contributed by atoms with Gasteiger partial charge >= 0.3 is 0 Å². The maximum absolute atomic E-state index is 9.22. The van der Waals surface area contributed by atoms with Crippen LogP contribution in [-0.4, -0.2) is 9.55 Å². The van der Waals surface area contributed by atoms with Crippen LogP contribution in [0, 0.1) is 18.3 Å². The third kappa shape index (κ3) is 1.64. The molecule has 2 N–H and O–H groups in total. The van der Waals surface area contributed by atoms with E-state index >= 15 is 0 Å². The van der Waals surface area contributed by atoms with Crippen molar-refractivity contribution in [2.75, 3.05) is 5.73 Å². The number of aromatic nitrogens is 2. The molecule has 0 fully saturated rings. The molecule has 19 heavy (non-hydrogen) atoms. The van der Waals surface area contributed by atoms with E-state index in [2.05, 4.69) is 11.1 Å². The zero-order valence-corrected chi connectivity index (χ0v) is 10.5. The van der Waals surface area contributed by atoms with E-state index in [1.54, 1.807) is 6.07 Å². The fraction of sp³-hybridized carbons (Fsp3) is 0.0667. The van der Waals surface area contributed by atoms with Gasteiger partial charge in [-0.25, -0.2) is 4.98 Å². The molecule has 0 aliphatic rings. The highest BCUT2D eigenvalue weighted by Gasteiger charge is 2.14. The minimum Gasteiger partial charge on any atom is -0.369 e. The van der Waals surface area contributed by atoms with Crippen molar-refractivity contribution in [3.63, 3.8) is 0 Å². The highest BCUT2D eigenvalue weighted by Crippen LogP contribution is 2.27. The van der Waals surface area contributed by atoms with Crippen LogP contribution in [0.2, 0.25) is 0 Å². The van der Waals surface area contributed by atoms with Crippen LogP contribution in [0.3, 0.4) is 0 Å². The standard InChI is InChI=1S/C15H12N4/c1-10-5-4-7-12-14(10)19(15(17)18-12)13-8-3-2-6-11(13)9-16/h2-8H,1H3,(H2,17,18). The molecule has 2 aromatic carbocycles. The molecule has 0 aliphatic carbocycles. The molecular weight excluding hydrogens is 236 g/mol. The second-order valence-electron chi connectivity index (χ2n) is 4.38. The minimum absolute atomic E-state index is 0.395. The quantitative estimate of drug-likeness (QED) is 0.720. The number of para-hydroxylation sites is 2. The smallest absolute Gasteiger partial charge is 0.205 e. The summed E-state index contributed by atoms with van der Waals surface area (Å²) >= 11 is 0. The Labute approximate surface area is 110 Å². The number of nitriles is 1. The molecule has 0 aliphatic heterocycles. The van der Waals surface area contributed by atoms with Crippen molar-refractivity contribution in [3.05, 3.63) is 53.6 Å². The Morgan fingerprint density at radius 3 is 2.74 bits per heavy atom. The second kappa shape index (κ2) is 4.14. The second-order valence-corrected chi connectivity index (χ2v) is 4.38. The number of aryl methyl sites for hydroxylation is 1. The van der Waals surface area contributed by atoms with Gasteiger partial charge in [0.2, 0.25) is 5.95 Å². The van der Waals surface area contributed by atoms with Crippen molar-refractivity contribution in [2.24, 2.45) is 0 Å². The SMILES string of the molecule is Cc1cccc2nc(N)n(-c3ccccc3C#N)c12. The first-order valence-electron chi connectivity index (χ1n) is 5.95. The van der Waals surface area contributed by atoms with Crippen molar-refractivity contribution < 1.29 is 0 Å². The first kappa shape index (κ1) is 11.3. The van der Waals surface area contributed by atoms with Gasteiger partial charge in [-0.1, -0.05) is 24.3 Å². The Bertz CT molecular complexity index is 809. The number of imidazole rings is 1. The number of nitrogen functional groups attached to an aromatic ring is 1. The van der Waals surface area contributed by atoms with Crippen molar-refractivity contribution >= 4 is 17.0 Å². The Balaban J connectivity index is 2.44. The molecule has 1 heterocycles. The Hall–Kier alpha value is -2.80. The summed E-state index contributed by atoms with van der Waals surface area (Å²) in [5.41, 5.74) is 10.2. The van der Waals surface area contributed by atoms with Crippen molar-refractivity contribution in [2.45, 2.75) is 6.92 Å². The van der Waals surface area contributed by atoms with Gasteiger partial charge in [-0.05, 0) is 30.7 Å². The van der Waals surface area contributed by atoms with Crippen LogP contribution in [0.25, 0.3) is 16.7 Å². The molecule has 92 valence electrons. The molecule has 0 saturated heterocycles. The average Bonchev–Trinajstić information content (AvgIpc) is 2.76. The number of benzene rings is 2. The number of anilines is 1. The van der Waals surface area contributed by atoms with Gasteiger partial charge in [0.15, 0.2) is 0 Å². The zero-order chi connectivity index (χ0) is 13.4. The highest BCUT2D eigenvalue weighted by atomic mass is 15.2. The van der Waals surface area contributed by atoms with Gasteiger partial charge in [0, 0.05) is 0 Å². The van der Waals surface area contributed by atoms with Gasteiger partial charge < -0.3 is 5.73 Å². The zero-order valence-electron chi connectivity index (χ0n) is 10.5. The lowest BCUT2D eigenvalue weighted by molar-refractivity contribution is 1.10. The summed E-state index contributed by atoms with van der Waals surface area (Å²) in [6.07, 6.45) is 0. The lowest BCUT2D eigenvalue weighted by atomic mass is 10.1. The van der Waals surface area contributed by atoms with Crippen LogP contribution < -0.4 is 5.73 Å². The summed E-state index contributed by atoms with van der Waals surface area (Å²) in [6, 6.07) is 15.5. The van der Waals surface area contributed by atoms with E-state index < -0.39 is 0 Å². The van der Waals surface area contributed by atoms with E-state index in [9.17, 15) is 5.26 Å². The molecule has 0 amide bonds. The van der Waals surface area contributed by atoms with Crippen LogP contribution in [0.15, 0.2) is 42.5 Å². The van der Waals surface area contributed by atoms with E-state index in [4.69, 9.17) is 5.73 Å². The van der Waals surface area contributed by atoms with Crippen LogP contribution in [0.4, 0.5) is 5.95 Å². The van der Waals surface area contributed by atoms with E-state index in [0.29, 0.717) is 11.5 Å². The van der Waals surface area contributed by atoms with Gasteiger partial charge in [-0.2, -0.15) is 5.26 Å². The maximum Gasteiger partial charge on any atom is 0.205 e.